The average molecular weight is 187 g/mol. The Morgan fingerprint density at radius 3 is 2.54 bits per heavy atom. The lowest BCUT2D eigenvalue weighted by Crippen LogP contribution is -2.32. The van der Waals surface area contributed by atoms with Gasteiger partial charge in [0.15, 0.2) is 0 Å². The van der Waals surface area contributed by atoms with E-state index in [9.17, 15) is 4.79 Å². The highest BCUT2D eigenvalue weighted by atomic mass is 16.5. The first-order chi connectivity index (χ1) is 6.22. The van der Waals surface area contributed by atoms with Crippen molar-refractivity contribution in [1.82, 2.24) is 0 Å². The van der Waals surface area contributed by atoms with E-state index < -0.39 is 6.04 Å². The molecule has 3 heteroatoms. The minimum Gasteiger partial charge on any atom is -0.465 e. The summed E-state index contributed by atoms with van der Waals surface area (Å²) in [6.07, 6.45) is 4.83. The minimum atomic E-state index is -0.424. The Labute approximate surface area is 80.6 Å². The molecule has 0 fully saturated rings. The van der Waals surface area contributed by atoms with Crippen molar-refractivity contribution in [2.75, 3.05) is 6.61 Å². The van der Waals surface area contributed by atoms with Gasteiger partial charge in [-0.25, -0.2) is 0 Å². The summed E-state index contributed by atoms with van der Waals surface area (Å²) in [4.78, 5) is 11.1. The average Bonchev–Trinajstić information content (AvgIpc) is 2.12. The van der Waals surface area contributed by atoms with Crippen LogP contribution >= 0.6 is 0 Å². The smallest absolute Gasteiger partial charge is 0.322 e. The lowest BCUT2D eigenvalue weighted by atomic mass is 10.2. The first kappa shape index (κ1) is 12.4. The van der Waals surface area contributed by atoms with Crippen LogP contribution in [-0.2, 0) is 9.53 Å². The highest BCUT2D eigenvalue weighted by Crippen LogP contribution is 1.99. The van der Waals surface area contributed by atoms with Gasteiger partial charge < -0.3 is 10.5 Å². The summed E-state index contributed by atoms with van der Waals surface area (Å²) in [6.45, 7) is 4.64. The van der Waals surface area contributed by atoms with Gasteiger partial charge in [0.2, 0.25) is 0 Å². The first-order valence-corrected chi connectivity index (χ1v) is 5.14. The normalized spacial score (nSPS) is 12.5. The lowest BCUT2D eigenvalue weighted by molar-refractivity contribution is -0.145. The molecule has 0 aromatic heterocycles. The molecule has 2 N–H and O–H groups in total. The van der Waals surface area contributed by atoms with Crippen LogP contribution < -0.4 is 5.73 Å². The molecule has 0 spiro atoms. The molecule has 0 radical (unpaired) electrons. The van der Waals surface area contributed by atoms with Gasteiger partial charge in [0.05, 0.1) is 6.61 Å². The third-order valence-corrected chi connectivity index (χ3v) is 1.89. The summed E-state index contributed by atoms with van der Waals surface area (Å²) in [7, 11) is 0. The standard InChI is InChI=1S/C10H21NO2/c1-3-5-6-8-13-10(12)9(11)7-4-2/h9H,3-8,11H2,1-2H3. The van der Waals surface area contributed by atoms with Gasteiger partial charge in [-0.3, -0.25) is 4.79 Å². The molecular formula is C10H21NO2. The summed E-state index contributed by atoms with van der Waals surface area (Å²) in [6, 6.07) is -0.424. The number of hydrogen-bond acceptors (Lipinski definition) is 3. The van der Waals surface area contributed by atoms with Gasteiger partial charge in [-0.2, -0.15) is 0 Å². The van der Waals surface area contributed by atoms with Gasteiger partial charge in [-0.05, 0) is 12.8 Å². The molecule has 0 aliphatic heterocycles. The fourth-order valence-corrected chi connectivity index (χ4v) is 1.06. The van der Waals surface area contributed by atoms with Gasteiger partial charge in [0, 0.05) is 0 Å². The number of unbranched alkanes of at least 4 members (excludes halogenated alkanes) is 2. The molecule has 0 aliphatic rings. The monoisotopic (exact) mass is 187 g/mol. The van der Waals surface area contributed by atoms with E-state index in [1.807, 2.05) is 6.92 Å². The van der Waals surface area contributed by atoms with E-state index in [0.29, 0.717) is 13.0 Å². The van der Waals surface area contributed by atoms with E-state index in [4.69, 9.17) is 10.5 Å². The Morgan fingerprint density at radius 2 is 2.00 bits per heavy atom. The summed E-state index contributed by atoms with van der Waals surface area (Å²) < 4.78 is 4.99. The van der Waals surface area contributed by atoms with E-state index >= 15 is 0 Å². The summed E-state index contributed by atoms with van der Waals surface area (Å²) in [5.41, 5.74) is 5.57. The quantitative estimate of drug-likeness (QED) is 0.489. The van der Waals surface area contributed by atoms with Crippen LogP contribution in [0.5, 0.6) is 0 Å². The van der Waals surface area contributed by atoms with Crippen molar-refractivity contribution >= 4 is 5.97 Å². The lowest BCUT2D eigenvalue weighted by Gasteiger charge is -2.09. The zero-order chi connectivity index (χ0) is 10.1. The topological polar surface area (TPSA) is 52.3 Å². The van der Waals surface area contributed by atoms with Crippen LogP contribution in [0, 0.1) is 0 Å². The van der Waals surface area contributed by atoms with Crippen molar-refractivity contribution in [3.8, 4) is 0 Å². The number of esters is 1. The fourth-order valence-electron chi connectivity index (χ4n) is 1.06. The predicted molar refractivity (Wildman–Crippen MR) is 53.4 cm³/mol. The van der Waals surface area contributed by atoms with Gasteiger partial charge in [-0.15, -0.1) is 0 Å². The maximum Gasteiger partial charge on any atom is 0.322 e. The Hall–Kier alpha value is -0.570. The number of ether oxygens (including phenoxy) is 1. The van der Waals surface area contributed by atoms with Crippen molar-refractivity contribution in [2.24, 2.45) is 5.73 Å². The Kier molecular flexibility index (Phi) is 7.69. The molecule has 0 rings (SSSR count). The van der Waals surface area contributed by atoms with Crippen molar-refractivity contribution in [2.45, 2.75) is 52.0 Å². The largest absolute Gasteiger partial charge is 0.465 e. The van der Waals surface area contributed by atoms with Gasteiger partial charge in [0.1, 0.15) is 6.04 Å². The molecule has 0 heterocycles. The zero-order valence-corrected chi connectivity index (χ0v) is 8.71. The SMILES string of the molecule is CCCCCOC(=O)C(N)CCC. The van der Waals surface area contributed by atoms with E-state index in [1.165, 1.54) is 0 Å². The van der Waals surface area contributed by atoms with E-state index in [-0.39, 0.29) is 5.97 Å². The molecule has 0 aromatic rings. The molecule has 78 valence electrons. The molecule has 0 aliphatic carbocycles. The van der Waals surface area contributed by atoms with E-state index in [2.05, 4.69) is 6.92 Å². The number of carbonyl (C=O) groups excluding carboxylic acids is 1. The Bertz CT molecular complexity index is 137. The van der Waals surface area contributed by atoms with Crippen molar-refractivity contribution in [3.63, 3.8) is 0 Å². The molecule has 0 aromatic carbocycles. The predicted octanol–water partition coefficient (Wildman–Crippen LogP) is 1.85. The molecule has 0 saturated carbocycles. The number of rotatable bonds is 7. The second-order valence-corrected chi connectivity index (χ2v) is 3.27. The van der Waals surface area contributed by atoms with Crippen LogP contribution in [0.25, 0.3) is 0 Å². The van der Waals surface area contributed by atoms with Crippen molar-refractivity contribution < 1.29 is 9.53 Å². The van der Waals surface area contributed by atoms with Gasteiger partial charge in [-0.1, -0.05) is 33.1 Å². The minimum absolute atomic E-state index is 0.252. The summed E-state index contributed by atoms with van der Waals surface area (Å²) >= 11 is 0. The van der Waals surface area contributed by atoms with Crippen LogP contribution in [0.1, 0.15) is 46.0 Å². The van der Waals surface area contributed by atoms with E-state index in [1.54, 1.807) is 0 Å². The fraction of sp³-hybridized carbons (Fsp3) is 0.900. The van der Waals surface area contributed by atoms with Crippen LogP contribution in [0.15, 0.2) is 0 Å². The van der Waals surface area contributed by atoms with Crippen LogP contribution in [0.3, 0.4) is 0 Å². The summed E-state index contributed by atoms with van der Waals surface area (Å²) in [5.74, 6) is -0.252. The molecule has 1 unspecified atom stereocenters. The third-order valence-electron chi connectivity index (χ3n) is 1.89. The maximum absolute atomic E-state index is 11.1. The zero-order valence-electron chi connectivity index (χ0n) is 8.71. The third kappa shape index (κ3) is 6.58. The number of nitrogens with two attached hydrogens (primary N) is 1. The Balaban J connectivity index is 3.38. The van der Waals surface area contributed by atoms with E-state index in [0.717, 1.165) is 25.7 Å². The molecular weight excluding hydrogens is 166 g/mol. The molecule has 0 bridgehead atoms. The number of carbonyl (C=O) groups is 1. The van der Waals surface area contributed by atoms with Crippen LogP contribution in [0.2, 0.25) is 0 Å². The van der Waals surface area contributed by atoms with Gasteiger partial charge >= 0.3 is 5.97 Å². The molecule has 0 amide bonds. The first-order valence-electron chi connectivity index (χ1n) is 5.14. The van der Waals surface area contributed by atoms with Crippen LogP contribution in [-0.4, -0.2) is 18.6 Å². The molecule has 3 nitrogen and oxygen atoms in total. The molecule has 13 heavy (non-hydrogen) atoms. The summed E-state index contributed by atoms with van der Waals surface area (Å²) in [5, 5.41) is 0. The highest BCUT2D eigenvalue weighted by molar-refractivity contribution is 5.75. The second kappa shape index (κ2) is 8.05. The van der Waals surface area contributed by atoms with Crippen LogP contribution in [0.4, 0.5) is 0 Å². The maximum atomic E-state index is 11.1. The molecule has 0 saturated heterocycles. The Morgan fingerprint density at radius 1 is 1.31 bits per heavy atom. The molecule has 1 atom stereocenters. The number of hydrogen-bond donors (Lipinski definition) is 1. The van der Waals surface area contributed by atoms with Gasteiger partial charge in [0.25, 0.3) is 0 Å². The highest BCUT2D eigenvalue weighted by Gasteiger charge is 2.12. The second-order valence-electron chi connectivity index (χ2n) is 3.27. The van der Waals surface area contributed by atoms with Crippen molar-refractivity contribution in [1.29, 1.82) is 0 Å². The van der Waals surface area contributed by atoms with Crippen molar-refractivity contribution in [3.05, 3.63) is 0 Å².